The number of amides is 2. The molecule has 0 spiro atoms. The molecule has 0 aliphatic heterocycles. The second-order valence-corrected chi connectivity index (χ2v) is 3.98. The van der Waals surface area contributed by atoms with Crippen LogP contribution < -0.4 is 10.9 Å². The first-order chi connectivity index (χ1) is 8.88. The molecule has 1 heterocycles. The summed E-state index contributed by atoms with van der Waals surface area (Å²) in [7, 11) is 0. The molecule has 0 aromatic carbocycles. The highest BCUT2D eigenvalue weighted by Gasteiger charge is 2.22. The van der Waals surface area contributed by atoms with Crippen LogP contribution in [0.3, 0.4) is 0 Å². The van der Waals surface area contributed by atoms with Crippen molar-refractivity contribution in [2.24, 2.45) is 0 Å². The Morgan fingerprint density at radius 3 is 2.37 bits per heavy atom. The van der Waals surface area contributed by atoms with Gasteiger partial charge in [-0.05, 0) is 26.3 Å². The van der Waals surface area contributed by atoms with Crippen molar-refractivity contribution in [3.8, 4) is 0 Å². The van der Waals surface area contributed by atoms with Crippen molar-refractivity contribution in [3.05, 3.63) is 22.5 Å². The first-order valence-electron chi connectivity index (χ1n) is 5.81. The fourth-order valence-corrected chi connectivity index (χ4v) is 1.69. The van der Waals surface area contributed by atoms with Crippen molar-refractivity contribution >= 4 is 17.8 Å². The first kappa shape index (κ1) is 14.7. The van der Waals surface area contributed by atoms with Gasteiger partial charge in [0.25, 0.3) is 5.91 Å². The van der Waals surface area contributed by atoms with Crippen molar-refractivity contribution < 1.29 is 19.1 Å². The summed E-state index contributed by atoms with van der Waals surface area (Å²) in [6, 6.07) is 0. The maximum atomic E-state index is 11.8. The number of ether oxygens (including phenoxy) is 1. The molecule has 0 atom stereocenters. The molecular formula is C12H17N3O4. The molecule has 19 heavy (non-hydrogen) atoms. The van der Waals surface area contributed by atoms with Crippen LogP contribution in [0.1, 0.15) is 46.0 Å². The molecule has 2 amide bonds. The third kappa shape index (κ3) is 3.34. The van der Waals surface area contributed by atoms with Crippen LogP contribution in [-0.2, 0) is 9.53 Å². The van der Waals surface area contributed by atoms with Gasteiger partial charge in [-0.2, -0.15) is 0 Å². The summed E-state index contributed by atoms with van der Waals surface area (Å²) < 4.78 is 4.92. The van der Waals surface area contributed by atoms with E-state index >= 15 is 0 Å². The fraction of sp³-hybridized carbons (Fsp3) is 0.417. The molecular weight excluding hydrogens is 250 g/mol. The molecule has 0 saturated heterocycles. The van der Waals surface area contributed by atoms with Crippen LogP contribution >= 0.6 is 0 Å². The second-order valence-electron chi connectivity index (χ2n) is 3.98. The molecule has 0 unspecified atom stereocenters. The number of H-pyrrole nitrogens is 1. The van der Waals surface area contributed by atoms with Crippen molar-refractivity contribution in [2.45, 2.75) is 27.7 Å². The minimum absolute atomic E-state index is 0.217. The average molecular weight is 267 g/mol. The predicted octanol–water partition coefficient (Wildman–Crippen LogP) is 0.589. The van der Waals surface area contributed by atoms with Gasteiger partial charge >= 0.3 is 5.97 Å². The van der Waals surface area contributed by atoms with E-state index in [1.165, 1.54) is 6.92 Å². The number of carbonyl (C=O) groups is 3. The zero-order valence-electron chi connectivity index (χ0n) is 11.3. The number of carbonyl (C=O) groups excluding carboxylic acids is 3. The third-order valence-electron chi connectivity index (χ3n) is 2.50. The van der Waals surface area contributed by atoms with E-state index < -0.39 is 11.9 Å². The quantitative estimate of drug-likeness (QED) is 0.551. The van der Waals surface area contributed by atoms with Crippen LogP contribution in [-0.4, -0.2) is 29.4 Å². The number of esters is 1. The zero-order valence-corrected chi connectivity index (χ0v) is 11.3. The largest absolute Gasteiger partial charge is 0.462 e. The van der Waals surface area contributed by atoms with Crippen LogP contribution in [0, 0.1) is 13.8 Å². The molecule has 1 rings (SSSR count). The van der Waals surface area contributed by atoms with Crippen LogP contribution in [0.15, 0.2) is 0 Å². The number of hydrazine groups is 1. The monoisotopic (exact) mass is 267 g/mol. The third-order valence-corrected chi connectivity index (χ3v) is 2.50. The van der Waals surface area contributed by atoms with Gasteiger partial charge in [-0.3, -0.25) is 20.4 Å². The van der Waals surface area contributed by atoms with E-state index in [4.69, 9.17) is 4.74 Å². The molecule has 0 fully saturated rings. The zero-order chi connectivity index (χ0) is 14.6. The average Bonchev–Trinajstić information content (AvgIpc) is 2.62. The molecule has 0 saturated carbocycles. The summed E-state index contributed by atoms with van der Waals surface area (Å²) in [6.07, 6.45) is 0. The number of hydrogen-bond donors (Lipinski definition) is 3. The lowest BCUT2D eigenvalue weighted by Crippen LogP contribution is -2.40. The van der Waals surface area contributed by atoms with E-state index in [0.29, 0.717) is 16.8 Å². The Hall–Kier alpha value is -2.31. The topological polar surface area (TPSA) is 100 Å². The summed E-state index contributed by atoms with van der Waals surface area (Å²) in [4.78, 5) is 37.1. The van der Waals surface area contributed by atoms with Gasteiger partial charge in [0, 0.05) is 12.6 Å². The molecule has 104 valence electrons. The van der Waals surface area contributed by atoms with Crippen molar-refractivity contribution in [3.63, 3.8) is 0 Å². The van der Waals surface area contributed by atoms with Gasteiger partial charge in [-0.1, -0.05) is 0 Å². The summed E-state index contributed by atoms with van der Waals surface area (Å²) in [5, 5.41) is 0. The Labute approximate surface area is 110 Å². The number of aryl methyl sites for hydroxylation is 1. The summed E-state index contributed by atoms with van der Waals surface area (Å²) in [5.74, 6) is -1.39. The molecule has 0 aliphatic carbocycles. The van der Waals surface area contributed by atoms with E-state index in [1.807, 2.05) is 0 Å². The highest BCUT2D eigenvalue weighted by molar-refractivity contribution is 6.00. The molecule has 1 aromatic rings. The summed E-state index contributed by atoms with van der Waals surface area (Å²) in [5.41, 5.74) is 6.00. The van der Waals surface area contributed by atoms with Crippen LogP contribution in [0.25, 0.3) is 0 Å². The maximum Gasteiger partial charge on any atom is 0.340 e. The van der Waals surface area contributed by atoms with Gasteiger partial charge in [0.05, 0.1) is 12.2 Å². The number of nitrogens with one attached hydrogen (secondary N) is 3. The molecule has 0 radical (unpaired) electrons. The molecule has 1 aromatic heterocycles. The number of hydrogen-bond acceptors (Lipinski definition) is 4. The number of aromatic nitrogens is 1. The van der Waals surface area contributed by atoms with Gasteiger partial charge in [0.1, 0.15) is 5.69 Å². The number of aromatic amines is 1. The highest BCUT2D eigenvalue weighted by Crippen LogP contribution is 2.18. The molecule has 3 N–H and O–H groups in total. The van der Waals surface area contributed by atoms with E-state index in [-0.39, 0.29) is 18.2 Å². The van der Waals surface area contributed by atoms with Gasteiger partial charge < -0.3 is 9.72 Å². The standard InChI is InChI=1S/C12H17N3O4/c1-5-19-12(18)9-6(2)10(13-7(9)3)11(17)15-14-8(4)16/h13H,5H2,1-4H3,(H,14,16)(H,15,17). The highest BCUT2D eigenvalue weighted by atomic mass is 16.5. The Morgan fingerprint density at radius 2 is 1.84 bits per heavy atom. The van der Waals surface area contributed by atoms with Gasteiger partial charge in [-0.25, -0.2) is 4.79 Å². The van der Waals surface area contributed by atoms with Gasteiger partial charge in [0.2, 0.25) is 5.91 Å². The maximum absolute atomic E-state index is 11.8. The SMILES string of the molecule is CCOC(=O)c1c(C)[nH]c(C(=O)NNC(C)=O)c1C. The Kier molecular flexibility index (Phi) is 4.68. The van der Waals surface area contributed by atoms with Crippen molar-refractivity contribution in [1.29, 1.82) is 0 Å². The Morgan fingerprint density at radius 1 is 1.21 bits per heavy atom. The molecule has 0 aliphatic rings. The summed E-state index contributed by atoms with van der Waals surface area (Å²) >= 11 is 0. The fourth-order valence-electron chi connectivity index (χ4n) is 1.69. The van der Waals surface area contributed by atoms with Gasteiger partial charge in [-0.15, -0.1) is 0 Å². The van der Waals surface area contributed by atoms with E-state index in [9.17, 15) is 14.4 Å². The summed E-state index contributed by atoms with van der Waals surface area (Å²) in [6.45, 7) is 6.56. The molecule has 0 bridgehead atoms. The van der Waals surface area contributed by atoms with Gasteiger partial charge in [0.15, 0.2) is 0 Å². The minimum Gasteiger partial charge on any atom is -0.462 e. The lowest BCUT2D eigenvalue weighted by molar-refractivity contribution is -0.119. The smallest absolute Gasteiger partial charge is 0.340 e. The van der Waals surface area contributed by atoms with Crippen LogP contribution in [0.4, 0.5) is 0 Å². The van der Waals surface area contributed by atoms with Crippen LogP contribution in [0.5, 0.6) is 0 Å². The first-order valence-corrected chi connectivity index (χ1v) is 5.81. The Balaban J connectivity index is 2.99. The lowest BCUT2D eigenvalue weighted by Gasteiger charge is -2.05. The normalized spacial score (nSPS) is 9.89. The van der Waals surface area contributed by atoms with Crippen molar-refractivity contribution in [1.82, 2.24) is 15.8 Å². The molecule has 7 heteroatoms. The Bertz CT molecular complexity index is 519. The van der Waals surface area contributed by atoms with Crippen LogP contribution in [0.2, 0.25) is 0 Å². The van der Waals surface area contributed by atoms with E-state index in [1.54, 1.807) is 20.8 Å². The lowest BCUT2D eigenvalue weighted by atomic mass is 10.1. The predicted molar refractivity (Wildman–Crippen MR) is 67.5 cm³/mol. The molecule has 7 nitrogen and oxygen atoms in total. The van der Waals surface area contributed by atoms with E-state index in [2.05, 4.69) is 15.8 Å². The number of rotatable bonds is 3. The second kappa shape index (κ2) is 6.03. The van der Waals surface area contributed by atoms with E-state index in [0.717, 1.165) is 0 Å². The minimum atomic E-state index is -0.522. The van der Waals surface area contributed by atoms with Crippen molar-refractivity contribution in [2.75, 3.05) is 6.61 Å².